The number of piperidine rings is 2. The highest BCUT2D eigenvalue weighted by molar-refractivity contribution is 6.99. The quantitative estimate of drug-likeness (QED) is 0.887. The summed E-state index contributed by atoms with van der Waals surface area (Å²) in [6, 6.07) is 0.242. The number of aryl methyl sites for hydroxylation is 2. The number of fused-ring (bicyclic) bond motifs is 3. The first-order chi connectivity index (χ1) is 12.1. The molecule has 3 atom stereocenters. The van der Waals surface area contributed by atoms with E-state index in [2.05, 4.69) is 29.2 Å². The molecule has 0 spiro atoms. The Hall–Kier alpha value is -2.16. The Bertz CT molecular complexity index is 766. The summed E-state index contributed by atoms with van der Waals surface area (Å²) in [5.74, 6) is 1.53. The second-order valence-corrected chi connectivity index (χ2v) is 7.50. The van der Waals surface area contributed by atoms with E-state index in [1.165, 1.54) is 6.42 Å². The molecule has 0 radical (unpaired) electrons. The molecule has 1 aliphatic carbocycles. The maximum Gasteiger partial charge on any atom is 0.275 e. The highest BCUT2D eigenvalue weighted by atomic mass is 32.1. The van der Waals surface area contributed by atoms with Crippen molar-refractivity contribution < 1.29 is 4.79 Å². The molecular weight excluding hydrogens is 338 g/mol. The molecule has 1 saturated carbocycles. The van der Waals surface area contributed by atoms with E-state index in [0.717, 1.165) is 49.0 Å². The lowest BCUT2D eigenvalue weighted by Crippen LogP contribution is -2.56. The minimum absolute atomic E-state index is 0.0113. The van der Waals surface area contributed by atoms with Crippen LogP contribution < -0.4 is 5.32 Å². The van der Waals surface area contributed by atoms with Gasteiger partial charge in [-0.25, -0.2) is 4.98 Å². The van der Waals surface area contributed by atoms with Crippen molar-refractivity contribution in [1.29, 1.82) is 0 Å². The first-order valence-electron chi connectivity index (χ1n) is 8.62. The number of aromatic nitrogens is 5. The number of carbonyl (C=O) groups excluding carboxylic acids is 1. The molecule has 5 rings (SSSR count). The molecule has 2 saturated heterocycles. The Morgan fingerprint density at radius 3 is 2.92 bits per heavy atom. The Labute approximate surface area is 150 Å². The van der Waals surface area contributed by atoms with Crippen LogP contribution in [0.4, 0.5) is 5.95 Å². The van der Waals surface area contributed by atoms with E-state index in [1.807, 2.05) is 18.7 Å². The number of amides is 1. The molecule has 2 aliphatic heterocycles. The second-order valence-electron chi connectivity index (χ2n) is 6.94. The van der Waals surface area contributed by atoms with Crippen molar-refractivity contribution >= 4 is 23.6 Å². The van der Waals surface area contributed by atoms with Crippen LogP contribution in [0.3, 0.4) is 0 Å². The molecule has 3 fully saturated rings. The van der Waals surface area contributed by atoms with Crippen molar-refractivity contribution in [3.05, 3.63) is 23.3 Å². The third kappa shape index (κ3) is 3.20. The summed E-state index contributed by atoms with van der Waals surface area (Å²) >= 11 is 1.08. The Morgan fingerprint density at radius 2 is 2.20 bits per heavy atom. The Balaban J connectivity index is 1.45. The van der Waals surface area contributed by atoms with Gasteiger partial charge in [0.05, 0.1) is 29.3 Å². The van der Waals surface area contributed by atoms with Crippen molar-refractivity contribution in [3.8, 4) is 0 Å². The molecule has 2 aromatic rings. The molecule has 2 bridgehead atoms. The summed E-state index contributed by atoms with van der Waals surface area (Å²) in [5, 5.41) is 11.5. The summed E-state index contributed by atoms with van der Waals surface area (Å²) in [4.78, 5) is 19.2. The van der Waals surface area contributed by atoms with Gasteiger partial charge in [-0.15, -0.1) is 5.10 Å². The molecule has 132 valence electrons. The summed E-state index contributed by atoms with van der Waals surface area (Å²) in [6.07, 6.45) is 4.94. The van der Waals surface area contributed by atoms with Crippen LogP contribution >= 0.6 is 11.7 Å². The topological polar surface area (TPSA) is 96.8 Å². The second kappa shape index (κ2) is 6.62. The molecule has 25 heavy (non-hydrogen) atoms. The fourth-order valence-corrected chi connectivity index (χ4v) is 4.36. The number of carbonyl (C=O) groups is 1. The smallest absolute Gasteiger partial charge is 0.275 e. The SMILES string of the molecule is Cc1nnc(NCC2CC3CCC2N(C(=O)c2cnsn2)C3)nc1C. The van der Waals surface area contributed by atoms with Gasteiger partial charge < -0.3 is 10.2 Å². The van der Waals surface area contributed by atoms with Gasteiger partial charge in [-0.1, -0.05) is 0 Å². The molecule has 8 nitrogen and oxygen atoms in total. The van der Waals surface area contributed by atoms with E-state index in [1.54, 1.807) is 6.20 Å². The number of rotatable bonds is 4. The van der Waals surface area contributed by atoms with Crippen LogP contribution in [0.25, 0.3) is 0 Å². The van der Waals surface area contributed by atoms with Crippen molar-refractivity contribution in [2.75, 3.05) is 18.4 Å². The van der Waals surface area contributed by atoms with E-state index >= 15 is 0 Å². The van der Waals surface area contributed by atoms with Crippen LogP contribution in [0.2, 0.25) is 0 Å². The summed E-state index contributed by atoms with van der Waals surface area (Å²) in [5.41, 5.74) is 2.19. The number of nitrogens with one attached hydrogen (secondary N) is 1. The zero-order valence-corrected chi connectivity index (χ0v) is 15.2. The average Bonchev–Trinajstić information content (AvgIpc) is 3.17. The van der Waals surface area contributed by atoms with E-state index < -0.39 is 0 Å². The van der Waals surface area contributed by atoms with Crippen LogP contribution in [0, 0.1) is 25.7 Å². The average molecular weight is 359 g/mol. The molecular formula is C16H21N7OS. The largest absolute Gasteiger partial charge is 0.353 e. The van der Waals surface area contributed by atoms with E-state index in [0.29, 0.717) is 23.5 Å². The molecule has 4 heterocycles. The minimum atomic E-state index is 0.0113. The first-order valence-corrected chi connectivity index (χ1v) is 9.35. The number of hydrogen-bond acceptors (Lipinski definition) is 8. The molecule has 3 unspecified atom stereocenters. The normalized spacial score (nSPS) is 25.2. The molecule has 1 amide bonds. The van der Waals surface area contributed by atoms with Gasteiger partial charge in [0.15, 0.2) is 5.69 Å². The van der Waals surface area contributed by atoms with Gasteiger partial charge >= 0.3 is 0 Å². The van der Waals surface area contributed by atoms with Crippen molar-refractivity contribution in [2.45, 2.75) is 39.2 Å². The Morgan fingerprint density at radius 1 is 1.32 bits per heavy atom. The van der Waals surface area contributed by atoms with Crippen LogP contribution in [0.5, 0.6) is 0 Å². The molecule has 0 aromatic carbocycles. The molecule has 2 aromatic heterocycles. The lowest BCUT2D eigenvalue weighted by atomic mass is 9.72. The number of hydrogen-bond donors (Lipinski definition) is 1. The third-order valence-electron chi connectivity index (χ3n) is 5.36. The van der Waals surface area contributed by atoms with Gasteiger partial charge in [-0.05, 0) is 44.9 Å². The van der Waals surface area contributed by atoms with Gasteiger partial charge in [0, 0.05) is 19.1 Å². The third-order valence-corrected chi connectivity index (χ3v) is 5.84. The fourth-order valence-electron chi connectivity index (χ4n) is 3.95. The maximum atomic E-state index is 12.7. The molecule has 9 heteroatoms. The zero-order chi connectivity index (χ0) is 17.4. The standard InChI is InChI=1S/C16H21N7OS/c1-9-10(2)20-21-16(19-9)17-6-12-5-11-3-4-14(12)23(8-11)15(24)13-7-18-25-22-13/h7,11-12,14H,3-6,8H2,1-2H3,(H,17,19,21). The lowest BCUT2D eigenvalue weighted by Gasteiger charge is -2.49. The monoisotopic (exact) mass is 359 g/mol. The van der Waals surface area contributed by atoms with Gasteiger partial charge in [0.25, 0.3) is 5.91 Å². The highest BCUT2D eigenvalue weighted by Crippen LogP contribution is 2.39. The fraction of sp³-hybridized carbons (Fsp3) is 0.625. The van der Waals surface area contributed by atoms with E-state index in [4.69, 9.17) is 0 Å². The first kappa shape index (κ1) is 16.3. The van der Waals surface area contributed by atoms with Crippen LogP contribution in [-0.4, -0.2) is 53.9 Å². The minimum Gasteiger partial charge on any atom is -0.353 e. The van der Waals surface area contributed by atoms with Gasteiger partial charge in [-0.2, -0.15) is 13.8 Å². The summed E-state index contributed by atoms with van der Waals surface area (Å²) in [7, 11) is 0. The van der Waals surface area contributed by atoms with Crippen LogP contribution in [0.1, 0.15) is 41.1 Å². The van der Waals surface area contributed by atoms with Gasteiger partial charge in [-0.3, -0.25) is 4.79 Å². The van der Waals surface area contributed by atoms with Crippen LogP contribution in [-0.2, 0) is 0 Å². The van der Waals surface area contributed by atoms with Crippen LogP contribution in [0.15, 0.2) is 6.20 Å². The summed E-state index contributed by atoms with van der Waals surface area (Å²) in [6.45, 7) is 5.42. The lowest BCUT2D eigenvalue weighted by molar-refractivity contribution is 0.00872. The van der Waals surface area contributed by atoms with Crippen molar-refractivity contribution in [3.63, 3.8) is 0 Å². The maximum absolute atomic E-state index is 12.7. The zero-order valence-electron chi connectivity index (χ0n) is 14.3. The predicted octanol–water partition coefficient (Wildman–Crippen LogP) is 1.69. The predicted molar refractivity (Wildman–Crippen MR) is 93.4 cm³/mol. The van der Waals surface area contributed by atoms with Gasteiger partial charge in [0.1, 0.15) is 0 Å². The number of nitrogens with zero attached hydrogens (tertiary/aromatic N) is 6. The highest BCUT2D eigenvalue weighted by Gasteiger charge is 2.43. The Kier molecular flexibility index (Phi) is 4.32. The molecule has 1 N–H and O–H groups in total. The van der Waals surface area contributed by atoms with Crippen molar-refractivity contribution in [1.82, 2.24) is 28.8 Å². The van der Waals surface area contributed by atoms with E-state index in [9.17, 15) is 4.79 Å². The van der Waals surface area contributed by atoms with Gasteiger partial charge in [0.2, 0.25) is 5.95 Å². The number of anilines is 1. The molecule has 3 aliphatic rings. The van der Waals surface area contributed by atoms with Crippen molar-refractivity contribution in [2.24, 2.45) is 11.8 Å². The van der Waals surface area contributed by atoms with E-state index in [-0.39, 0.29) is 11.9 Å². The summed E-state index contributed by atoms with van der Waals surface area (Å²) < 4.78 is 8.06.